The van der Waals surface area contributed by atoms with Crippen LogP contribution in [-0.4, -0.2) is 25.8 Å². The number of carbonyl (C=O) groups excluding carboxylic acids is 1. The second kappa shape index (κ2) is 5.48. The van der Waals surface area contributed by atoms with Crippen molar-refractivity contribution in [2.24, 2.45) is 0 Å². The third-order valence-electron chi connectivity index (χ3n) is 2.07. The minimum atomic E-state index is -0.516. The molecular formula is C13H19ClN2O2. The molecule has 0 atom stereocenters. The summed E-state index contributed by atoms with van der Waals surface area (Å²) >= 11 is 6.11. The zero-order chi connectivity index (χ0) is 13.9. The van der Waals surface area contributed by atoms with Crippen LogP contribution >= 0.6 is 11.6 Å². The zero-order valence-corrected chi connectivity index (χ0v) is 12.1. The highest BCUT2D eigenvalue weighted by molar-refractivity contribution is 6.33. The van der Waals surface area contributed by atoms with Crippen LogP contribution in [0.2, 0.25) is 5.02 Å². The lowest BCUT2D eigenvalue weighted by atomic mass is 10.2. The van der Waals surface area contributed by atoms with Crippen LogP contribution in [0.4, 0.5) is 16.2 Å². The van der Waals surface area contributed by atoms with Crippen molar-refractivity contribution in [2.45, 2.75) is 26.4 Å². The van der Waals surface area contributed by atoms with Crippen LogP contribution in [0.15, 0.2) is 18.2 Å². The first-order valence-corrected chi connectivity index (χ1v) is 6.04. The van der Waals surface area contributed by atoms with Gasteiger partial charge in [0.2, 0.25) is 0 Å². The van der Waals surface area contributed by atoms with Crippen LogP contribution in [0, 0.1) is 0 Å². The number of benzene rings is 1. The van der Waals surface area contributed by atoms with Crippen molar-refractivity contribution < 1.29 is 9.53 Å². The van der Waals surface area contributed by atoms with Crippen molar-refractivity contribution in [1.82, 2.24) is 0 Å². The quantitative estimate of drug-likeness (QED) is 0.890. The summed E-state index contributed by atoms with van der Waals surface area (Å²) in [4.78, 5) is 13.5. The highest BCUT2D eigenvalue weighted by Crippen LogP contribution is 2.27. The first kappa shape index (κ1) is 14.6. The summed E-state index contributed by atoms with van der Waals surface area (Å²) in [7, 11) is 3.81. The second-order valence-corrected chi connectivity index (χ2v) is 5.59. The Morgan fingerprint density at radius 3 is 2.39 bits per heavy atom. The van der Waals surface area contributed by atoms with Gasteiger partial charge in [-0.3, -0.25) is 5.32 Å². The molecule has 0 saturated heterocycles. The first-order valence-electron chi connectivity index (χ1n) is 5.66. The van der Waals surface area contributed by atoms with Gasteiger partial charge in [-0.1, -0.05) is 11.6 Å². The van der Waals surface area contributed by atoms with Crippen molar-refractivity contribution >= 4 is 29.1 Å². The van der Waals surface area contributed by atoms with E-state index in [0.717, 1.165) is 5.69 Å². The van der Waals surface area contributed by atoms with Crippen LogP contribution in [-0.2, 0) is 4.74 Å². The minimum Gasteiger partial charge on any atom is -0.444 e. The predicted molar refractivity (Wildman–Crippen MR) is 75.6 cm³/mol. The maximum absolute atomic E-state index is 11.6. The topological polar surface area (TPSA) is 41.6 Å². The molecule has 0 radical (unpaired) electrons. The lowest BCUT2D eigenvalue weighted by Gasteiger charge is -2.20. The highest BCUT2D eigenvalue weighted by atomic mass is 35.5. The molecule has 0 saturated carbocycles. The Kier molecular flexibility index (Phi) is 4.46. The smallest absolute Gasteiger partial charge is 0.412 e. The number of hydrogen-bond acceptors (Lipinski definition) is 3. The summed E-state index contributed by atoms with van der Waals surface area (Å²) < 4.78 is 5.16. The van der Waals surface area contributed by atoms with E-state index in [4.69, 9.17) is 16.3 Å². The molecule has 4 nitrogen and oxygen atoms in total. The van der Waals surface area contributed by atoms with Crippen LogP contribution in [0.5, 0.6) is 0 Å². The number of hydrogen-bond donors (Lipinski definition) is 1. The van der Waals surface area contributed by atoms with Crippen molar-refractivity contribution in [1.29, 1.82) is 0 Å². The predicted octanol–water partition coefficient (Wildman–Crippen LogP) is 3.75. The van der Waals surface area contributed by atoms with Gasteiger partial charge in [0.15, 0.2) is 0 Å². The van der Waals surface area contributed by atoms with Gasteiger partial charge in [0, 0.05) is 19.8 Å². The molecule has 1 N–H and O–H groups in total. The molecule has 0 aliphatic carbocycles. The largest absolute Gasteiger partial charge is 0.444 e. The Morgan fingerprint density at radius 1 is 1.33 bits per heavy atom. The molecule has 0 bridgehead atoms. The fourth-order valence-corrected chi connectivity index (χ4v) is 1.72. The number of ether oxygens (including phenoxy) is 1. The molecule has 0 aromatic heterocycles. The Hall–Kier alpha value is -1.42. The molecule has 0 aliphatic heterocycles. The van der Waals surface area contributed by atoms with Crippen LogP contribution < -0.4 is 10.2 Å². The molecule has 5 heteroatoms. The van der Waals surface area contributed by atoms with E-state index in [-0.39, 0.29) is 0 Å². The molecule has 0 unspecified atom stereocenters. The molecule has 0 heterocycles. The van der Waals surface area contributed by atoms with E-state index in [0.29, 0.717) is 10.7 Å². The SMILES string of the molecule is CN(C)c1ccc(NC(=O)OC(C)(C)C)cc1Cl. The van der Waals surface area contributed by atoms with E-state index in [1.165, 1.54) is 0 Å². The summed E-state index contributed by atoms with van der Waals surface area (Å²) in [6.07, 6.45) is -0.490. The average Bonchev–Trinajstić information content (AvgIpc) is 2.13. The number of nitrogens with one attached hydrogen (secondary N) is 1. The van der Waals surface area contributed by atoms with Crippen LogP contribution in [0.3, 0.4) is 0 Å². The van der Waals surface area contributed by atoms with Crippen LogP contribution in [0.1, 0.15) is 20.8 Å². The summed E-state index contributed by atoms with van der Waals surface area (Å²) in [6, 6.07) is 5.32. The maximum Gasteiger partial charge on any atom is 0.412 e. The lowest BCUT2D eigenvalue weighted by Crippen LogP contribution is -2.27. The van der Waals surface area contributed by atoms with E-state index in [1.807, 2.05) is 45.8 Å². The van der Waals surface area contributed by atoms with E-state index in [1.54, 1.807) is 12.1 Å². The average molecular weight is 271 g/mol. The van der Waals surface area contributed by atoms with Gasteiger partial charge in [-0.25, -0.2) is 4.79 Å². The van der Waals surface area contributed by atoms with Gasteiger partial charge in [0.05, 0.1) is 10.7 Å². The number of rotatable bonds is 2. The van der Waals surface area contributed by atoms with Crippen molar-refractivity contribution in [3.63, 3.8) is 0 Å². The third-order valence-corrected chi connectivity index (χ3v) is 2.38. The van der Waals surface area contributed by atoms with E-state index in [9.17, 15) is 4.79 Å². The summed E-state index contributed by atoms with van der Waals surface area (Å²) in [5.41, 5.74) is 0.989. The minimum absolute atomic E-state index is 0.490. The van der Waals surface area contributed by atoms with E-state index >= 15 is 0 Å². The van der Waals surface area contributed by atoms with Gasteiger partial charge in [-0.15, -0.1) is 0 Å². The number of nitrogens with zero attached hydrogens (tertiary/aromatic N) is 1. The number of carbonyl (C=O) groups is 1. The molecule has 1 rings (SSSR count). The van der Waals surface area contributed by atoms with Crippen molar-refractivity contribution in [3.8, 4) is 0 Å². The van der Waals surface area contributed by atoms with Gasteiger partial charge in [0.25, 0.3) is 0 Å². The number of anilines is 2. The number of amides is 1. The standard InChI is InChI=1S/C13H19ClN2O2/c1-13(2,3)18-12(17)15-9-6-7-11(16(4)5)10(14)8-9/h6-8H,1-5H3,(H,15,17). The maximum atomic E-state index is 11.6. The molecule has 1 aromatic rings. The van der Waals surface area contributed by atoms with Gasteiger partial charge in [0.1, 0.15) is 5.60 Å². The monoisotopic (exact) mass is 270 g/mol. The Labute approximate surface area is 113 Å². The second-order valence-electron chi connectivity index (χ2n) is 5.19. The first-order chi connectivity index (χ1) is 8.19. The van der Waals surface area contributed by atoms with E-state index < -0.39 is 11.7 Å². The van der Waals surface area contributed by atoms with Crippen molar-refractivity contribution in [2.75, 3.05) is 24.3 Å². The molecule has 0 aliphatic rings. The lowest BCUT2D eigenvalue weighted by molar-refractivity contribution is 0.0636. The normalized spacial score (nSPS) is 11.0. The Morgan fingerprint density at radius 2 is 1.94 bits per heavy atom. The highest BCUT2D eigenvalue weighted by Gasteiger charge is 2.16. The molecule has 0 spiro atoms. The molecule has 1 amide bonds. The van der Waals surface area contributed by atoms with Crippen LogP contribution in [0.25, 0.3) is 0 Å². The summed E-state index contributed by atoms with van der Waals surface area (Å²) in [5, 5.41) is 3.22. The molecule has 100 valence electrons. The summed E-state index contributed by atoms with van der Waals surface area (Å²) in [5.74, 6) is 0. The van der Waals surface area contributed by atoms with Gasteiger partial charge >= 0.3 is 6.09 Å². The molecule has 18 heavy (non-hydrogen) atoms. The fraction of sp³-hybridized carbons (Fsp3) is 0.462. The fourth-order valence-electron chi connectivity index (χ4n) is 1.37. The Balaban J connectivity index is 2.75. The third kappa shape index (κ3) is 4.45. The van der Waals surface area contributed by atoms with Gasteiger partial charge in [-0.2, -0.15) is 0 Å². The molecule has 1 aromatic carbocycles. The molecule has 0 fully saturated rings. The van der Waals surface area contributed by atoms with Gasteiger partial charge in [-0.05, 0) is 39.0 Å². The Bertz CT molecular complexity index is 439. The summed E-state index contributed by atoms with van der Waals surface area (Å²) in [6.45, 7) is 5.44. The number of halogens is 1. The van der Waals surface area contributed by atoms with Crippen molar-refractivity contribution in [3.05, 3.63) is 23.2 Å². The zero-order valence-electron chi connectivity index (χ0n) is 11.4. The van der Waals surface area contributed by atoms with E-state index in [2.05, 4.69) is 5.32 Å². The van der Waals surface area contributed by atoms with Gasteiger partial charge < -0.3 is 9.64 Å². The molecular weight excluding hydrogens is 252 g/mol.